The second-order valence-corrected chi connectivity index (χ2v) is 14.2. The Morgan fingerprint density at radius 3 is 1.16 bits per heavy atom. The second-order valence-electron chi connectivity index (χ2n) is 14.2. The highest BCUT2D eigenvalue weighted by Gasteiger charge is 2.26. The summed E-state index contributed by atoms with van der Waals surface area (Å²) in [5.74, 6) is 0.616. The van der Waals surface area contributed by atoms with Crippen molar-refractivity contribution in [2.75, 3.05) is 19.6 Å². The lowest BCUT2D eigenvalue weighted by atomic mass is 9.95. The molecule has 0 saturated carbocycles. The molecule has 0 aromatic rings. The Labute approximate surface area is 276 Å². The van der Waals surface area contributed by atoms with Gasteiger partial charge in [0, 0.05) is 32.0 Å². The molecule has 1 N–H and O–H groups in total. The third-order valence-corrected chi connectivity index (χ3v) is 10.0. The maximum Gasteiger partial charge on any atom is 0.223 e. The van der Waals surface area contributed by atoms with Crippen LogP contribution in [-0.4, -0.2) is 36.3 Å². The monoisotopic (exact) mass is 619 g/mol. The Kier molecular flexibility index (Phi) is 29.7. The van der Waals surface area contributed by atoms with Crippen LogP contribution in [0.5, 0.6) is 0 Å². The first kappa shape index (κ1) is 41.0. The van der Waals surface area contributed by atoms with Crippen LogP contribution in [-0.2, 0) is 9.59 Å². The van der Waals surface area contributed by atoms with Crippen LogP contribution in [0.25, 0.3) is 0 Å². The van der Waals surface area contributed by atoms with Crippen LogP contribution in [0.15, 0.2) is 0 Å². The Morgan fingerprint density at radius 1 is 0.477 bits per heavy atom. The minimum Gasteiger partial charge on any atom is -0.356 e. The number of carbonyl (C=O) groups excluding carboxylic acids is 2. The van der Waals surface area contributed by atoms with Crippen molar-refractivity contribution in [1.29, 1.82) is 0 Å². The number of piperidine rings is 1. The fourth-order valence-corrected chi connectivity index (χ4v) is 6.87. The molecule has 0 bridgehead atoms. The maximum absolute atomic E-state index is 12.7. The van der Waals surface area contributed by atoms with Gasteiger partial charge in [0.1, 0.15) is 0 Å². The first-order chi connectivity index (χ1) is 21.7. The number of amides is 2. The number of carbonyl (C=O) groups is 2. The van der Waals surface area contributed by atoms with Crippen molar-refractivity contribution in [3.05, 3.63) is 0 Å². The molecule has 0 spiro atoms. The molecule has 2 amide bonds. The normalized spacial score (nSPS) is 13.9. The van der Waals surface area contributed by atoms with Gasteiger partial charge in [0.05, 0.1) is 0 Å². The third-order valence-electron chi connectivity index (χ3n) is 10.0. The molecule has 1 aliphatic rings. The number of hydrogen-bond donors (Lipinski definition) is 1. The van der Waals surface area contributed by atoms with Gasteiger partial charge in [-0.3, -0.25) is 9.59 Å². The largest absolute Gasteiger partial charge is 0.356 e. The molecule has 1 rings (SSSR count). The summed E-state index contributed by atoms with van der Waals surface area (Å²) in [5, 5.41) is 3.17. The molecule has 1 aliphatic heterocycles. The zero-order valence-corrected chi connectivity index (χ0v) is 30.1. The van der Waals surface area contributed by atoms with Gasteiger partial charge in [0.15, 0.2) is 0 Å². The van der Waals surface area contributed by atoms with Crippen LogP contribution < -0.4 is 5.32 Å². The molecule has 4 heteroatoms. The van der Waals surface area contributed by atoms with Crippen LogP contribution in [0.3, 0.4) is 0 Å². The lowest BCUT2D eigenvalue weighted by molar-refractivity contribution is -0.135. The molecule has 0 aromatic heterocycles. The quantitative estimate of drug-likeness (QED) is 0.0762. The number of nitrogens with one attached hydrogen (secondary N) is 1. The lowest BCUT2D eigenvalue weighted by Crippen LogP contribution is -2.43. The van der Waals surface area contributed by atoms with Gasteiger partial charge in [-0.25, -0.2) is 0 Å². The van der Waals surface area contributed by atoms with E-state index in [2.05, 4.69) is 19.2 Å². The van der Waals surface area contributed by atoms with Gasteiger partial charge in [0.25, 0.3) is 0 Å². The summed E-state index contributed by atoms with van der Waals surface area (Å²) >= 11 is 0. The Balaban J connectivity index is 1.84. The fraction of sp³-hybridized carbons (Fsp3) is 0.950. The van der Waals surface area contributed by atoms with E-state index in [4.69, 9.17) is 0 Å². The van der Waals surface area contributed by atoms with Gasteiger partial charge in [-0.2, -0.15) is 0 Å². The molecule has 1 fully saturated rings. The summed E-state index contributed by atoms with van der Waals surface area (Å²) in [6, 6.07) is 0. The summed E-state index contributed by atoms with van der Waals surface area (Å²) in [7, 11) is 0. The summed E-state index contributed by atoms with van der Waals surface area (Å²) < 4.78 is 0. The zero-order chi connectivity index (χ0) is 31.8. The standard InChI is InChI=1S/C40H78N2O2/c1-3-5-7-9-11-13-15-16-17-18-19-20-21-22-23-24-26-28-30-32-39(43)42-36-33-38(34-37-42)40(44)41-35-31-29-27-25-14-12-10-8-6-4-2/h38H,3-37H2,1-2H3,(H,41,44). The van der Waals surface area contributed by atoms with Crippen LogP contribution in [0.4, 0.5) is 0 Å². The molecule has 0 unspecified atom stereocenters. The number of unbranched alkanes of at least 4 members (excludes halogenated alkanes) is 27. The van der Waals surface area contributed by atoms with E-state index in [9.17, 15) is 9.59 Å². The van der Waals surface area contributed by atoms with Gasteiger partial charge >= 0.3 is 0 Å². The van der Waals surface area contributed by atoms with Gasteiger partial charge in [-0.15, -0.1) is 0 Å². The van der Waals surface area contributed by atoms with E-state index in [0.717, 1.165) is 45.3 Å². The van der Waals surface area contributed by atoms with Crippen LogP contribution >= 0.6 is 0 Å². The van der Waals surface area contributed by atoms with E-state index in [0.29, 0.717) is 12.3 Å². The highest BCUT2D eigenvalue weighted by Crippen LogP contribution is 2.20. The molecule has 0 radical (unpaired) electrons. The van der Waals surface area contributed by atoms with Gasteiger partial charge in [0.2, 0.25) is 11.8 Å². The molecule has 0 aliphatic carbocycles. The van der Waals surface area contributed by atoms with Gasteiger partial charge in [-0.05, 0) is 25.7 Å². The van der Waals surface area contributed by atoms with Gasteiger partial charge in [-0.1, -0.05) is 187 Å². The van der Waals surface area contributed by atoms with Crippen molar-refractivity contribution >= 4 is 11.8 Å². The number of rotatable bonds is 32. The molecular weight excluding hydrogens is 540 g/mol. The number of hydrogen-bond acceptors (Lipinski definition) is 2. The predicted octanol–water partition coefficient (Wildman–Crippen LogP) is 12.1. The minimum atomic E-state index is 0.0945. The zero-order valence-electron chi connectivity index (χ0n) is 30.1. The van der Waals surface area contributed by atoms with E-state index in [-0.39, 0.29) is 11.8 Å². The number of likely N-dealkylation sites (tertiary alicyclic amines) is 1. The van der Waals surface area contributed by atoms with Gasteiger partial charge < -0.3 is 10.2 Å². The third kappa shape index (κ3) is 25.2. The summed E-state index contributed by atoms with van der Waals surface area (Å²) in [6.45, 7) is 6.89. The topological polar surface area (TPSA) is 49.4 Å². The van der Waals surface area contributed by atoms with Crippen molar-refractivity contribution in [2.45, 2.75) is 219 Å². The SMILES string of the molecule is CCCCCCCCCCCCCCCCCCCCCC(=O)N1CCC(C(=O)NCCCCCCCCCCCC)CC1. The molecule has 0 atom stereocenters. The van der Waals surface area contributed by atoms with E-state index >= 15 is 0 Å². The summed E-state index contributed by atoms with van der Waals surface area (Å²) in [5.41, 5.74) is 0. The Morgan fingerprint density at radius 2 is 0.795 bits per heavy atom. The van der Waals surface area contributed by atoms with E-state index < -0.39 is 0 Å². The minimum absolute atomic E-state index is 0.0945. The van der Waals surface area contributed by atoms with E-state index in [1.807, 2.05) is 4.90 Å². The van der Waals surface area contributed by atoms with Crippen molar-refractivity contribution in [2.24, 2.45) is 5.92 Å². The average Bonchev–Trinajstić information content (AvgIpc) is 3.04. The van der Waals surface area contributed by atoms with Crippen molar-refractivity contribution < 1.29 is 9.59 Å². The van der Waals surface area contributed by atoms with Crippen molar-refractivity contribution in [1.82, 2.24) is 10.2 Å². The van der Waals surface area contributed by atoms with Crippen molar-refractivity contribution in [3.63, 3.8) is 0 Å². The molecule has 1 saturated heterocycles. The van der Waals surface area contributed by atoms with Crippen molar-refractivity contribution in [3.8, 4) is 0 Å². The molecule has 260 valence electrons. The van der Waals surface area contributed by atoms with Crippen LogP contribution in [0.2, 0.25) is 0 Å². The van der Waals surface area contributed by atoms with Crippen LogP contribution in [0.1, 0.15) is 219 Å². The molecule has 0 aromatic carbocycles. The fourth-order valence-electron chi connectivity index (χ4n) is 6.87. The summed E-state index contributed by atoms with van der Waals surface area (Å²) in [6.07, 6.45) is 41.7. The summed E-state index contributed by atoms with van der Waals surface area (Å²) in [4.78, 5) is 27.3. The molecule has 1 heterocycles. The van der Waals surface area contributed by atoms with E-state index in [1.165, 1.54) is 173 Å². The molecule has 4 nitrogen and oxygen atoms in total. The highest BCUT2D eigenvalue weighted by molar-refractivity contribution is 5.80. The average molecular weight is 619 g/mol. The predicted molar refractivity (Wildman–Crippen MR) is 192 cm³/mol. The first-order valence-corrected chi connectivity index (χ1v) is 20.2. The molecule has 44 heavy (non-hydrogen) atoms. The smallest absolute Gasteiger partial charge is 0.223 e. The Bertz CT molecular complexity index is 629. The lowest BCUT2D eigenvalue weighted by Gasteiger charge is -2.31. The Hall–Kier alpha value is -1.06. The maximum atomic E-state index is 12.7. The highest BCUT2D eigenvalue weighted by atomic mass is 16.2. The van der Waals surface area contributed by atoms with E-state index in [1.54, 1.807) is 0 Å². The van der Waals surface area contributed by atoms with Crippen LogP contribution in [0, 0.1) is 5.92 Å². The molecular formula is C40H78N2O2. The second kappa shape index (κ2) is 31.9. The number of nitrogens with zero attached hydrogens (tertiary/aromatic N) is 1. The first-order valence-electron chi connectivity index (χ1n) is 20.2.